The highest BCUT2D eigenvalue weighted by molar-refractivity contribution is 5.76. The number of piperazine rings is 1. The van der Waals surface area contributed by atoms with Crippen LogP contribution in [0.5, 0.6) is 0 Å². The van der Waals surface area contributed by atoms with Gasteiger partial charge in [0.05, 0.1) is 0 Å². The van der Waals surface area contributed by atoms with Crippen molar-refractivity contribution in [1.29, 1.82) is 0 Å². The molecule has 1 aromatic carbocycles. The molecule has 1 saturated heterocycles. The van der Waals surface area contributed by atoms with Crippen molar-refractivity contribution in [2.75, 3.05) is 32.7 Å². The maximum Gasteiger partial charge on any atom is 0.223 e. The minimum Gasteiger partial charge on any atom is -0.340 e. The molecule has 1 fully saturated rings. The van der Waals surface area contributed by atoms with Gasteiger partial charge in [0.1, 0.15) is 5.82 Å². The highest BCUT2D eigenvalue weighted by atomic mass is 19.1. The van der Waals surface area contributed by atoms with Gasteiger partial charge >= 0.3 is 0 Å². The molecule has 0 spiro atoms. The van der Waals surface area contributed by atoms with E-state index in [4.69, 9.17) is 0 Å². The summed E-state index contributed by atoms with van der Waals surface area (Å²) in [6.07, 6.45) is 1.32. The van der Waals surface area contributed by atoms with E-state index in [2.05, 4.69) is 25.7 Å². The number of carbonyl (C=O) groups is 1. The van der Waals surface area contributed by atoms with Crippen molar-refractivity contribution in [3.8, 4) is 0 Å². The quantitative estimate of drug-likeness (QED) is 0.854. The third kappa shape index (κ3) is 5.09. The number of hydrogen-bond donors (Lipinski definition) is 0. The van der Waals surface area contributed by atoms with Crippen LogP contribution in [0.25, 0.3) is 0 Å². The Bertz CT molecular complexity index is 502. The summed E-state index contributed by atoms with van der Waals surface area (Å²) in [6, 6.07) is 6.96. The monoisotopic (exact) mass is 306 g/mol. The molecule has 2 rings (SSSR count). The minimum absolute atomic E-state index is 0.0407. The van der Waals surface area contributed by atoms with E-state index in [1.807, 2.05) is 17.0 Å². The van der Waals surface area contributed by atoms with Crippen LogP contribution in [0.15, 0.2) is 24.3 Å². The zero-order valence-electron chi connectivity index (χ0n) is 13.9. The van der Waals surface area contributed by atoms with E-state index >= 15 is 0 Å². The predicted octanol–water partition coefficient (Wildman–Crippen LogP) is 2.95. The van der Waals surface area contributed by atoms with E-state index in [9.17, 15) is 9.18 Å². The molecule has 0 unspecified atom stereocenters. The van der Waals surface area contributed by atoms with Gasteiger partial charge in [-0.1, -0.05) is 39.0 Å². The Morgan fingerprint density at radius 2 is 1.77 bits per heavy atom. The van der Waals surface area contributed by atoms with Crippen LogP contribution in [0.1, 0.15) is 32.8 Å². The van der Waals surface area contributed by atoms with Crippen molar-refractivity contribution in [3.05, 3.63) is 35.6 Å². The van der Waals surface area contributed by atoms with Crippen LogP contribution >= 0.6 is 0 Å². The van der Waals surface area contributed by atoms with Crippen molar-refractivity contribution < 1.29 is 9.18 Å². The minimum atomic E-state index is -0.124. The van der Waals surface area contributed by atoms with Crippen LogP contribution in [-0.2, 0) is 11.2 Å². The van der Waals surface area contributed by atoms with E-state index in [1.54, 1.807) is 6.07 Å². The van der Waals surface area contributed by atoms with Crippen LogP contribution in [0.4, 0.5) is 4.39 Å². The normalized spacial score (nSPS) is 16.8. The maximum atomic E-state index is 13.6. The van der Waals surface area contributed by atoms with Crippen LogP contribution in [0.2, 0.25) is 0 Å². The molecule has 122 valence electrons. The van der Waals surface area contributed by atoms with E-state index in [1.165, 1.54) is 6.07 Å². The van der Waals surface area contributed by atoms with Gasteiger partial charge in [-0.15, -0.1) is 0 Å². The first kappa shape index (κ1) is 16.9. The fourth-order valence-corrected chi connectivity index (χ4v) is 2.77. The third-order valence-corrected chi connectivity index (χ3v) is 4.06. The number of benzene rings is 1. The van der Waals surface area contributed by atoms with Gasteiger partial charge in [0.2, 0.25) is 5.91 Å². The van der Waals surface area contributed by atoms with Crippen molar-refractivity contribution in [2.24, 2.45) is 5.41 Å². The Morgan fingerprint density at radius 3 is 2.36 bits per heavy atom. The second-order valence-corrected chi connectivity index (χ2v) is 7.30. The largest absolute Gasteiger partial charge is 0.340 e. The second-order valence-electron chi connectivity index (χ2n) is 7.30. The lowest BCUT2D eigenvalue weighted by atomic mass is 9.91. The number of halogens is 1. The predicted molar refractivity (Wildman–Crippen MR) is 87.2 cm³/mol. The molecule has 22 heavy (non-hydrogen) atoms. The van der Waals surface area contributed by atoms with E-state index < -0.39 is 0 Å². The van der Waals surface area contributed by atoms with E-state index in [-0.39, 0.29) is 17.1 Å². The fraction of sp³-hybridized carbons (Fsp3) is 0.611. The maximum absolute atomic E-state index is 13.6. The summed E-state index contributed by atoms with van der Waals surface area (Å²) in [5.41, 5.74) is 0.813. The van der Waals surface area contributed by atoms with Gasteiger partial charge in [0, 0.05) is 39.1 Å². The lowest BCUT2D eigenvalue weighted by Crippen LogP contribution is -2.49. The van der Waals surface area contributed by atoms with Gasteiger partial charge in [-0.3, -0.25) is 9.69 Å². The SMILES string of the molecule is CC(C)(C)CC(=O)N1CCN(CCc2ccccc2F)CC1. The number of rotatable bonds is 4. The van der Waals surface area contributed by atoms with Crippen LogP contribution in [-0.4, -0.2) is 48.4 Å². The van der Waals surface area contributed by atoms with Crippen molar-refractivity contribution in [1.82, 2.24) is 9.80 Å². The average Bonchev–Trinajstić information content (AvgIpc) is 2.45. The summed E-state index contributed by atoms with van der Waals surface area (Å²) < 4.78 is 13.6. The van der Waals surface area contributed by atoms with Gasteiger partial charge in [-0.05, 0) is 23.5 Å². The topological polar surface area (TPSA) is 23.6 Å². The summed E-state index contributed by atoms with van der Waals surface area (Å²) in [6.45, 7) is 10.5. The van der Waals surface area contributed by atoms with Crippen LogP contribution in [0.3, 0.4) is 0 Å². The lowest BCUT2D eigenvalue weighted by molar-refractivity contribution is -0.134. The first-order valence-electron chi connectivity index (χ1n) is 8.09. The smallest absolute Gasteiger partial charge is 0.223 e. The van der Waals surface area contributed by atoms with E-state index in [0.717, 1.165) is 44.7 Å². The zero-order valence-corrected chi connectivity index (χ0v) is 13.9. The van der Waals surface area contributed by atoms with Crippen LogP contribution < -0.4 is 0 Å². The molecular formula is C18H27FN2O. The van der Waals surface area contributed by atoms with Crippen molar-refractivity contribution in [2.45, 2.75) is 33.6 Å². The summed E-state index contributed by atoms with van der Waals surface area (Å²) in [7, 11) is 0. The summed E-state index contributed by atoms with van der Waals surface area (Å²) in [4.78, 5) is 16.5. The van der Waals surface area contributed by atoms with Gasteiger partial charge < -0.3 is 4.90 Å². The Kier molecular flexibility index (Phi) is 5.57. The van der Waals surface area contributed by atoms with Gasteiger partial charge in [-0.25, -0.2) is 4.39 Å². The van der Waals surface area contributed by atoms with Gasteiger partial charge in [0.25, 0.3) is 0 Å². The first-order chi connectivity index (χ1) is 10.3. The van der Waals surface area contributed by atoms with E-state index in [0.29, 0.717) is 6.42 Å². The molecule has 4 heteroatoms. The lowest BCUT2D eigenvalue weighted by Gasteiger charge is -2.36. The molecule has 0 radical (unpaired) electrons. The molecule has 1 amide bonds. The molecule has 0 aromatic heterocycles. The average molecular weight is 306 g/mol. The standard InChI is InChI=1S/C18H27FN2O/c1-18(2,3)14-17(22)21-12-10-20(11-13-21)9-8-15-6-4-5-7-16(15)19/h4-7H,8-14H2,1-3H3. The Labute approximate surface area is 133 Å². The second kappa shape index (κ2) is 7.23. The fourth-order valence-electron chi connectivity index (χ4n) is 2.77. The molecule has 1 aliphatic heterocycles. The van der Waals surface area contributed by atoms with Crippen molar-refractivity contribution in [3.63, 3.8) is 0 Å². The molecule has 0 aliphatic carbocycles. The number of nitrogens with zero attached hydrogens (tertiary/aromatic N) is 2. The highest BCUT2D eigenvalue weighted by Crippen LogP contribution is 2.20. The highest BCUT2D eigenvalue weighted by Gasteiger charge is 2.24. The number of carbonyl (C=O) groups excluding carboxylic acids is 1. The molecule has 0 bridgehead atoms. The first-order valence-corrected chi connectivity index (χ1v) is 8.09. The van der Waals surface area contributed by atoms with Crippen molar-refractivity contribution >= 4 is 5.91 Å². The molecule has 0 saturated carbocycles. The zero-order chi connectivity index (χ0) is 16.2. The molecule has 1 aliphatic rings. The Balaban J connectivity index is 1.76. The summed E-state index contributed by atoms with van der Waals surface area (Å²) >= 11 is 0. The molecule has 1 heterocycles. The molecule has 3 nitrogen and oxygen atoms in total. The Morgan fingerprint density at radius 1 is 1.14 bits per heavy atom. The van der Waals surface area contributed by atoms with Gasteiger partial charge in [0.15, 0.2) is 0 Å². The van der Waals surface area contributed by atoms with Gasteiger partial charge in [-0.2, -0.15) is 0 Å². The molecular weight excluding hydrogens is 279 g/mol. The summed E-state index contributed by atoms with van der Waals surface area (Å²) in [5.74, 6) is 0.128. The molecule has 0 atom stereocenters. The third-order valence-electron chi connectivity index (χ3n) is 4.06. The number of amides is 1. The van der Waals surface area contributed by atoms with Crippen LogP contribution in [0, 0.1) is 11.2 Å². The number of hydrogen-bond acceptors (Lipinski definition) is 2. The molecule has 0 N–H and O–H groups in total. The Hall–Kier alpha value is -1.42. The summed E-state index contributed by atoms with van der Waals surface area (Å²) in [5, 5.41) is 0. The molecule has 1 aromatic rings.